The van der Waals surface area contributed by atoms with Crippen LogP contribution < -0.4 is 5.32 Å². The van der Waals surface area contributed by atoms with Gasteiger partial charge in [0.2, 0.25) is 0 Å². The van der Waals surface area contributed by atoms with Crippen LogP contribution in [0.5, 0.6) is 0 Å². The molecule has 0 spiro atoms. The van der Waals surface area contributed by atoms with E-state index in [1.165, 1.54) is 0 Å². The number of thiophene rings is 1. The Balaban J connectivity index is 1.86. The first-order chi connectivity index (χ1) is 9.98. The van der Waals surface area contributed by atoms with E-state index in [1.807, 2.05) is 6.07 Å². The van der Waals surface area contributed by atoms with Crippen molar-refractivity contribution in [1.29, 1.82) is 0 Å². The van der Waals surface area contributed by atoms with Gasteiger partial charge in [0.05, 0.1) is 14.2 Å². The summed E-state index contributed by atoms with van der Waals surface area (Å²) in [6, 6.07) is 1.99. The SMILES string of the molecule is CC(C)(c1noc(-c2cc(Br)c(Br)s2)n1)N1CCNCC1. The highest BCUT2D eigenvalue weighted by Crippen LogP contribution is 2.38. The van der Waals surface area contributed by atoms with Crippen molar-refractivity contribution in [2.45, 2.75) is 19.4 Å². The Hall–Kier alpha value is -0.280. The van der Waals surface area contributed by atoms with Crippen LogP contribution in [0.25, 0.3) is 10.8 Å². The van der Waals surface area contributed by atoms with Crippen LogP contribution in [-0.4, -0.2) is 41.2 Å². The Kier molecular flexibility index (Phi) is 4.52. The average Bonchev–Trinajstić information content (AvgIpc) is 3.08. The highest BCUT2D eigenvalue weighted by atomic mass is 79.9. The number of nitrogens with one attached hydrogen (secondary N) is 1. The van der Waals surface area contributed by atoms with Gasteiger partial charge in [0.25, 0.3) is 5.89 Å². The van der Waals surface area contributed by atoms with Gasteiger partial charge in [0.1, 0.15) is 0 Å². The summed E-state index contributed by atoms with van der Waals surface area (Å²) < 4.78 is 7.49. The molecule has 3 heterocycles. The number of halogens is 2. The van der Waals surface area contributed by atoms with Gasteiger partial charge in [-0.3, -0.25) is 4.90 Å². The molecule has 0 aliphatic carbocycles. The minimum Gasteiger partial charge on any atom is -0.333 e. The average molecular weight is 436 g/mol. The fraction of sp³-hybridized carbons (Fsp3) is 0.538. The first kappa shape index (κ1) is 15.6. The highest BCUT2D eigenvalue weighted by Gasteiger charge is 2.34. The lowest BCUT2D eigenvalue weighted by molar-refractivity contribution is 0.0925. The predicted molar refractivity (Wildman–Crippen MR) is 90.5 cm³/mol. The first-order valence-corrected chi connectivity index (χ1v) is 9.14. The highest BCUT2D eigenvalue weighted by molar-refractivity contribution is 9.13. The molecular weight excluding hydrogens is 420 g/mol. The molecule has 0 aromatic carbocycles. The van der Waals surface area contributed by atoms with Crippen molar-refractivity contribution in [3.8, 4) is 10.8 Å². The van der Waals surface area contributed by atoms with Gasteiger partial charge < -0.3 is 9.84 Å². The molecule has 1 N–H and O–H groups in total. The number of nitrogens with zero attached hydrogens (tertiary/aromatic N) is 3. The summed E-state index contributed by atoms with van der Waals surface area (Å²) in [6.07, 6.45) is 0. The number of aromatic nitrogens is 2. The monoisotopic (exact) mass is 434 g/mol. The lowest BCUT2D eigenvalue weighted by Gasteiger charge is -2.38. The molecule has 21 heavy (non-hydrogen) atoms. The number of piperazine rings is 1. The molecule has 1 fully saturated rings. The molecule has 2 aromatic heterocycles. The third kappa shape index (κ3) is 3.10. The van der Waals surface area contributed by atoms with E-state index >= 15 is 0 Å². The predicted octanol–water partition coefficient (Wildman–Crippen LogP) is 3.46. The molecule has 8 heteroatoms. The minimum absolute atomic E-state index is 0.227. The maximum Gasteiger partial charge on any atom is 0.268 e. The van der Waals surface area contributed by atoms with Gasteiger partial charge in [-0.25, -0.2) is 0 Å². The van der Waals surface area contributed by atoms with Gasteiger partial charge >= 0.3 is 0 Å². The molecule has 1 aliphatic heterocycles. The van der Waals surface area contributed by atoms with Gasteiger partial charge in [-0.05, 0) is 51.8 Å². The molecule has 2 aromatic rings. The molecule has 0 bridgehead atoms. The zero-order valence-corrected chi connectivity index (χ0v) is 15.8. The van der Waals surface area contributed by atoms with Crippen LogP contribution in [0.3, 0.4) is 0 Å². The molecule has 0 atom stereocenters. The van der Waals surface area contributed by atoms with E-state index in [2.05, 4.69) is 66.1 Å². The van der Waals surface area contributed by atoms with Crippen molar-refractivity contribution in [3.05, 3.63) is 20.1 Å². The minimum atomic E-state index is -0.227. The molecule has 0 amide bonds. The summed E-state index contributed by atoms with van der Waals surface area (Å²) in [5, 5.41) is 7.57. The molecule has 1 aliphatic rings. The van der Waals surface area contributed by atoms with Crippen LogP contribution >= 0.6 is 43.2 Å². The normalized spacial score (nSPS) is 17.3. The summed E-state index contributed by atoms with van der Waals surface area (Å²) in [5.74, 6) is 1.31. The lowest BCUT2D eigenvalue weighted by Crippen LogP contribution is -2.52. The summed E-state index contributed by atoms with van der Waals surface area (Å²) in [6.45, 7) is 8.28. The molecule has 0 radical (unpaired) electrons. The zero-order chi connectivity index (χ0) is 15.0. The Morgan fingerprint density at radius 1 is 1.33 bits per heavy atom. The maximum atomic E-state index is 5.46. The number of rotatable bonds is 3. The van der Waals surface area contributed by atoms with Crippen molar-refractivity contribution >= 4 is 43.2 Å². The molecule has 114 valence electrons. The van der Waals surface area contributed by atoms with Gasteiger partial charge in [0, 0.05) is 30.7 Å². The second-order valence-corrected chi connectivity index (χ2v) is 8.68. The van der Waals surface area contributed by atoms with E-state index < -0.39 is 0 Å². The van der Waals surface area contributed by atoms with Crippen molar-refractivity contribution in [1.82, 2.24) is 20.4 Å². The van der Waals surface area contributed by atoms with Crippen molar-refractivity contribution in [2.75, 3.05) is 26.2 Å². The smallest absolute Gasteiger partial charge is 0.268 e. The van der Waals surface area contributed by atoms with E-state index in [4.69, 9.17) is 4.52 Å². The fourth-order valence-corrected chi connectivity index (χ4v) is 4.35. The third-order valence-corrected chi connectivity index (χ3v) is 6.98. The largest absolute Gasteiger partial charge is 0.333 e. The Bertz CT molecular complexity index is 614. The fourth-order valence-electron chi connectivity index (χ4n) is 2.39. The van der Waals surface area contributed by atoms with Crippen molar-refractivity contribution < 1.29 is 4.52 Å². The van der Waals surface area contributed by atoms with Gasteiger partial charge in [-0.2, -0.15) is 4.98 Å². The van der Waals surface area contributed by atoms with Crippen molar-refractivity contribution in [2.24, 2.45) is 0 Å². The number of hydrogen-bond donors (Lipinski definition) is 1. The lowest BCUT2D eigenvalue weighted by atomic mass is 10.0. The molecule has 1 saturated heterocycles. The van der Waals surface area contributed by atoms with E-state index in [-0.39, 0.29) is 5.54 Å². The van der Waals surface area contributed by atoms with Crippen LogP contribution in [-0.2, 0) is 5.54 Å². The quantitative estimate of drug-likeness (QED) is 0.799. The summed E-state index contributed by atoms with van der Waals surface area (Å²) in [7, 11) is 0. The van der Waals surface area contributed by atoms with E-state index in [0.717, 1.165) is 45.1 Å². The molecular formula is C13H16Br2N4OS. The third-order valence-electron chi connectivity index (χ3n) is 3.74. The van der Waals surface area contributed by atoms with E-state index in [1.54, 1.807) is 11.3 Å². The van der Waals surface area contributed by atoms with Crippen LogP contribution in [0.4, 0.5) is 0 Å². The van der Waals surface area contributed by atoms with Gasteiger partial charge in [-0.1, -0.05) is 5.16 Å². The molecule has 0 unspecified atom stereocenters. The van der Waals surface area contributed by atoms with Gasteiger partial charge in [-0.15, -0.1) is 11.3 Å². The second kappa shape index (κ2) is 6.08. The molecule has 0 saturated carbocycles. The Labute approximate surface area is 144 Å². The zero-order valence-electron chi connectivity index (χ0n) is 11.8. The Morgan fingerprint density at radius 3 is 2.67 bits per heavy atom. The number of hydrogen-bond acceptors (Lipinski definition) is 6. The van der Waals surface area contributed by atoms with E-state index in [9.17, 15) is 0 Å². The standard InChI is InChI=1S/C13H16Br2N4OS/c1-13(2,19-5-3-16-4-6-19)12-17-11(20-18-12)9-7-8(14)10(15)21-9/h7,16H,3-6H2,1-2H3. The summed E-state index contributed by atoms with van der Waals surface area (Å²) >= 11 is 8.55. The maximum absolute atomic E-state index is 5.46. The molecule has 5 nitrogen and oxygen atoms in total. The first-order valence-electron chi connectivity index (χ1n) is 6.73. The van der Waals surface area contributed by atoms with Crippen LogP contribution in [0.15, 0.2) is 18.8 Å². The second-order valence-electron chi connectivity index (χ2n) is 5.45. The van der Waals surface area contributed by atoms with Crippen molar-refractivity contribution in [3.63, 3.8) is 0 Å². The molecule has 3 rings (SSSR count). The van der Waals surface area contributed by atoms with Crippen LogP contribution in [0, 0.1) is 0 Å². The van der Waals surface area contributed by atoms with Gasteiger partial charge in [0.15, 0.2) is 5.82 Å². The van der Waals surface area contributed by atoms with E-state index in [0.29, 0.717) is 5.89 Å². The summed E-state index contributed by atoms with van der Waals surface area (Å²) in [5.41, 5.74) is -0.227. The Morgan fingerprint density at radius 2 is 2.05 bits per heavy atom. The topological polar surface area (TPSA) is 54.2 Å². The van der Waals surface area contributed by atoms with Crippen LogP contribution in [0.1, 0.15) is 19.7 Å². The van der Waals surface area contributed by atoms with Crippen LogP contribution in [0.2, 0.25) is 0 Å². The summed E-state index contributed by atoms with van der Waals surface area (Å²) in [4.78, 5) is 7.96.